The largest absolute Gasteiger partial charge is 0.324 e. The third kappa shape index (κ3) is 3.84. The Morgan fingerprint density at radius 2 is 1.75 bits per heavy atom. The molecule has 2 aromatic carbocycles. The first-order valence-electron chi connectivity index (χ1n) is 9.39. The molecule has 1 spiro atoms. The monoisotopic (exact) mass is 383 g/mol. The zero-order chi connectivity index (χ0) is 19.6. The fourth-order valence-corrected chi connectivity index (χ4v) is 3.69. The van der Waals surface area contributed by atoms with Gasteiger partial charge in [0.05, 0.1) is 18.7 Å². The van der Waals surface area contributed by atoms with E-state index in [9.17, 15) is 14.0 Å². The number of carbonyl (C=O) groups excluding carboxylic acids is 2. The van der Waals surface area contributed by atoms with E-state index in [4.69, 9.17) is 4.84 Å². The van der Waals surface area contributed by atoms with Gasteiger partial charge in [0.15, 0.2) is 0 Å². The van der Waals surface area contributed by atoms with Gasteiger partial charge in [0.25, 0.3) is 0 Å². The lowest BCUT2D eigenvalue weighted by atomic mass is 9.89. The molecule has 28 heavy (non-hydrogen) atoms. The van der Waals surface area contributed by atoms with E-state index in [-0.39, 0.29) is 17.6 Å². The molecule has 0 atom stereocenters. The molecule has 2 heterocycles. The molecule has 4 rings (SSSR count). The Kier molecular flexibility index (Phi) is 5.00. The first kappa shape index (κ1) is 18.4. The second kappa shape index (κ2) is 7.59. The van der Waals surface area contributed by atoms with Crippen LogP contribution in [-0.4, -0.2) is 40.6 Å². The number of hydroxylamine groups is 2. The third-order valence-corrected chi connectivity index (χ3v) is 5.30. The highest BCUT2D eigenvalue weighted by Gasteiger charge is 2.47. The van der Waals surface area contributed by atoms with Gasteiger partial charge in [-0.25, -0.2) is 14.2 Å². The number of hydrogen-bond acceptors (Lipinski definition) is 3. The van der Waals surface area contributed by atoms with Crippen molar-refractivity contribution in [2.45, 2.75) is 31.4 Å². The first-order valence-corrected chi connectivity index (χ1v) is 9.39. The fourth-order valence-electron chi connectivity index (χ4n) is 3.69. The molecule has 0 aliphatic carbocycles. The van der Waals surface area contributed by atoms with Crippen molar-refractivity contribution in [3.63, 3.8) is 0 Å². The Balaban J connectivity index is 1.34. The predicted octanol–water partition coefficient (Wildman–Crippen LogP) is 3.56. The summed E-state index contributed by atoms with van der Waals surface area (Å²) in [5.41, 5.74) is 0.615. The molecule has 0 unspecified atom stereocenters. The Morgan fingerprint density at radius 1 is 1.07 bits per heavy atom. The van der Waals surface area contributed by atoms with E-state index < -0.39 is 11.4 Å². The summed E-state index contributed by atoms with van der Waals surface area (Å²) in [6, 6.07) is 15.4. The fraction of sp³-hybridized carbons (Fsp3) is 0.333. The quantitative estimate of drug-likeness (QED) is 0.882. The van der Waals surface area contributed by atoms with Crippen molar-refractivity contribution < 1.29 is 18.8 Å². The molecule has 1 N–H and O–H groups in total. The van der Waals surface area contributed by atoms with Crippen LogP contribution < -0.4 is 5.32 Å². The van der Waals surface area contributed by atoms with E-state index in [1.165, 1.54) is 17.2 Å². The number of hydrogen-bond donors (Lipinski definition) is 1. The molecule has 0 saturated carbocycles. The van der Waals surface area contributed by atoms with Crippen molar-refractivity contribution in [2.75, 3.05) is 18.4 Å². The van der Waals surface area contributed by atoms with Crippen molar-refractivity contribution in [3.8, 4) is 0 Å². The Labute approximate surface area is 162 Å². The summed E-state index contributed by atoms with van der Waals surface area (Å²) < 4.78 is 13.7. The van der Waals surface area contributed by atoms with Crippen LogP contribution in [0, 0.1) is 5.82 Å². The summed E-state index contributed by atoms with van der Waals surface area (Å²) in [7, 11) is 0. The van der Waals surface area contributed by atoms with Crippen LogP contribution in [0.5, 0.6) is 0 Å². The number of carbonyl (C=O) groups is 2. The van der Waals surface area contributed by atoms with Crippen LogP contribution in [-0.2, 0) is 16.2 Å². The number of likely N-dealkylation sites (tertiary alicyclic amines) is 1. The van der Waals surface area contributed by atoms with Crippen molar-refractivity contribution in [3.05, 3.63) is 66.0 Å². The number of benzene rings is 2. The van der Waals surface area contributed by atoms with E-state index in [0.29, 0.717) is 38.9 Å². The first-order chi connectivity index (χ1) is 13.5. The molecule has 2 aliphatic heterocycles. The van der Waals surface area contributed by atoms with Crippen molar-refractivity contribution in [2.24, 2.45) is 0 Å². The number of piperidine rings is 1. The molecular formula is C21H22FN3O3. The summed E-state index contributed by atoms with van der Waals surface area (Å²) in [4.78, 5) is 32.5. The van der Waals surface area contributed by atoms with Gasteiger partial charge < -0.3 is 10.2 Å². The summed E-state index contributed by atoms with van der Waals surface area (Å²) >= 11 is 0. The molecule has 0 bridgehead atoms. The predicted molar refractivity (Wildman–Crippen MR) is 102 cm³/mol. The Bertz CT molecular complexity index is 866. The number of amides is 3. The van der Waals surface area contributed by atoms with Gasteiger partial charge in [-0.1, -0.05) is 42.5 Å². The van der Waals surface area contributed by atoms with Gasteiger partial charge in [-0.05, 0) is 30.5 Å². The molecule has 2 aromatic rings. The Hall–Kier alpha value is -2.93. The summed E-state index contributed by atoms with van der Waals surface area (Å²) in [5.74, 6) is -0.501. The number of halogens is 1. The number of urea groups is 1. The lowest BCUT2D eigenvalue weighted by molar-refractivity contribution is -0.212. The maximum Gasteiger partial charge on any atom is 0.321 e. The average Bonchev–Trinajstić information content (AvgIpc) is 2.99. The summed E-state index contributed by atoms with van der Waals surface area (Å²) in [6.45, 7) is 1.32. The van der Waals surface area contributed by atoms with E-state index in [0.717, 1.165) is 5.56 Å². The molecule has 7 heteroatoms. The SMILES string of the molecule is O=C(Nc1ccccc1F)N1CCC2(CC1)CC(=O)N(Cc1ccccc1)O2. The second-order valence-corrected chi connectivity index (χ2v) is 7.26. The number of rotatable bonds is 3. The molecule has 2 saturated heterocycles. The minimum Gasteiger partial charge on any atom is -0.324 e. The number of nitrogens with one attached hydrogen (secondary N) is 1. The number of anilines is 1. The van der Waals surface area contributed by atoms with Crippen LogP contribution in [0.4, 0.5) is 14.9 Å². The minimum atomic E-state index is -0.555. The van der Waals surface area contributed by atoms with Gasteiger partial charge in [-0.15, -0.1) is 0 Å². The van der Waals surface area contributed by atoms with Gasteiger partial charge in [0.2, 0.25) is 5.91 Å². The van der Waals surface area contributed by atoms with Crippen molar-refractivity contribution in [1.82, 2.24) is 9.96 Å². The van der Waals surface area contributed by atoms with Crippen molar-refractivity contribution >= 4 is 17.6 Å². The van der Waals surface area contributed by atoms with Crippen LogP contribution >= 0.6 is 0 Å². The van der Waals surface area contributed by atoms with Gasteiger partial charge in [-0.3, -0.25) is 9.63 Å². The van der Waals surface area contributed by atoms with Gasteiger partial charge >= 0.3 is 6.03 Å². The standard InChI is InChI=1S/C21H22FN3O3/c22-17-8-4-5-9-18(17)23-20(27)24-12-10-21(11-13-24)14-19(26)25(28-21)15-16-6-2-1-3-7-16/h1-9H,10-15H2,(H,23,27). The van der Waals surface area contributed by atoms with Gasteiger partial charge in [0, 0.05) is 13.1 Å². The van der Waals surface area contributed by atoms with Crippen LogP contribution in [0.3, 0.4) is 0 Å². The van der Waals surface area contributed by atoms with Crippen molar-refractivity contribution in [1.29, 1.82) is 0 Å². The zero-order valence-electron chi connectivity index (χ0n) is 15.4. The van der Waals surface area contributed by atoms with E-state index >= 15 is 0 Å². The highest BCUT2D eigenvalue weighted by Crippen LogP contribution is 2.37. The topological polar surface area (TPSA) is 61.9 Å². The molecule has 146 valence electrons. The number of para-hydroxylation sites is 1. The van der Waals surface area contributed by atoms with Gasteiger partial charge in [0.1, 0.15) is 11.4 Å². The zero-order valence-corrected chi connectivity index (χ0v) is 15.4. The van der Waals surface area contributed by atoms with E-state index in [2.05, 4.69) is 5.32 Å². The second-order valence-electron chi connectivity index (χ2n) is 7.26. The van der Waals surface area contributed by atoms with E-state index in [1.54, 1.807) is 17.0 Å². The van der Waals surface area contributed by atoms with Crippen LogP contribution in [0.2, 0.25) is 0 Å². The maximum atomic E-state index is 13.7. The van der Waals surface area contributed by atoms with Crippen LogP contribution in [0.15, 0.2) is 54.6 Å². The normalized spacial score (nSPS) is 18.5. The highest BCUT2D eigenvalue weighted by atomic mass is 19.1. The third-order valence-electron chi connectivity index (χ3n) is 5.30. The lowest BCUT2D eigenvalue weighted by Crippen LogP contribution is -2.48. The van der Waals surface area contributed by atoms with E-state index in [1.807, 2.05) is 30.3 Å². The van der Waals surface area contributed by atoms with Gasteiger partial charge in [-0.2, -0.15) is 0 Å². The minimum absolute atomic E-state index is 0.0342. The average molecular weight is 383 g/mol. The molecule has 3 amide bonds. The molecule has 6 nitrogen and oxygen atoms in total. The maximum absolute atomic E-state index is 13.7. The molecular weight excluding hydrogens is 361 g/mol. The molecule has 0 radical (unpaired) electrons. The summed E-state index contributed by atoms with van der Waals surface area (Å²) in [6.07, 6.45) is 1.45. The molecule has 0 aromatic heterocycles. The lowest BCUT2D eigenvalue weighted by Gasteiger charge is -2.37. The summed E-state index contributed by atoms with van der Waals surface area (Å²) in [5, 5.41) is 4.04. The smallest absolute Gasteiger partial charge is 0.321 e. The van der Waals surface area contributed by atoms with Crippen LogP contribution in [0.1, 0.15) is 24.8 Å². The van der Waals surface area contributed by atoms with Crippen LogP contribution in [0.25, 0.3) is 0 Å². The number of nitrogens with zero attached hydrogens (tertiary/aromatic N) is 2. The molecule has 2 aliphatic rings. The Morgan fingerprint density at radius 3 is 2.46 bits per heavy atom. The molecule has 2 fully saturated rings. The highest BCUT2D eigenvalue weighted by molar-refractivity contribution is 5.89.